The van der Waals surface area contributed by atoms with Crippen LogP contribution in [0.5, 0.6) is 0 Å². The second kappa shape index (κ2) is 5.36. The van der Waals surface area contributed by atoms with Crippen LogP contribution in [0.15, 0.2) is 28.8 Å². The summed E-state index contributed by atoms with van der Waals surface area (Å²) in [5, 5.41) is 3.70. The molecule has 0 saturated heterocycles. The molecule has 0 aliphatic rings. The lowest BCUT2D eigenvalue weighted by Crippen LogP contribution is -1.89. The molecule has 2 rings (SSSR count). The number of hydrogen-bond acceptors (Lipinski definition) is 4. The second-order valence-electron chi connectivity index (χ2n) is 3.37. The van der Waals surface area contributed by atoms with E-state index in [9.17, 15) is 4.39 Å². The molecule has 2 aromatic rings. The zero-order chi connectivity index (χ0) is 12.1. The van der Waals surface area contributed by atoms with Crippen molar-refractivity contribution in [2.75, 3.05) is 7.11 Å². The van der Waals surface area contributed by atoms with Gasteiger partial charge in [0.15, 0.2) is 5.82 Å². The van der Waals surface area contributed by atoms with Crippen molar-refractivity contribution < 1.29 is 13.7 Å². The highest BCUT2D eigenvalue weighted by Gasteiger charge is 2.01. The van der Waals surface area contributed by atoms with Crippen molar-refractivity contribution >= 4 is 12.2 Å². The monoisotopic (exact) mass is 234 g/mol. The minimum Gasteiger partial charge on any atom is -0.377 e. The molecule has 0 aliphatic heterocycles. The number of rotatable bonds is 4. The van der Waals surface area contributed by atoms with E-state index in [2.05, 4.69) is 10.1 Å². The molecule has 0 saturated carbocycles. The Balaban J connectivity index is 2.09. The maximum atomic E-state index is 12.9. The third-order valence-electron chi connectivity index (χ3n) is 2.02. The molecule has 0 unspecified atom stereocenters. The molecule has 4 nitrogen and oxygen atoms in total. The third-order valence-corrected chi connectivity index (χ3v) is 2.02. The first-order chi connectivity index (χ1) is 8.28. The Bertz CT molecular complexity index is 523. The Labute approximate surface area is 97.7 Å². The van der Waals surface area contributed by atoms with Crippen molar-refractivity contribution in [2.45, 2.75) is 6.61 Å². The van der Waals surface area contributed by atoms with Crippen LogP contribution in [0.1, 0.15) is 17.3 Å². The van der Waals surface area contributed by atoms with Gasteiger partial charge in [-0.1, -0.05) is 17.3 Å². The predicted molar refractivity (Wildman–Crippen MR) is 60.3 cm³/mol. The van der Waals surface area contributed by atoms with Crippen LogP contribution in [0.2, 0.25) is 0 Å². The van der Waals surface area contributed by atoms with Gasteiger partial charge in [-0.15, -0.1) is 0 Å². The molecule has 1 aromatic heterocycles. The van der Waals surface area contributed by atoms with Gasteiger partial charge in [0.05, 0.1) is 0 Å². The molecule has 1 heterocycles. The molecular weight excluding hydrogens is 223 g/mol. The Kier molecular flexibility index (Phi) is 3.62. The van der Waals surface area contributed by atoms with Crippen molar-refractivity contribution in [3.8, 4) is 0 Å². The van der Waals surface area contributed by atoms with Crippen LogP contribution >= 0.6 is 0 Å². The van der Waals surface area contributed by atoms with Crippen LogP contribution in [0.4, 0.5) is 4.39 Å². The van der Waals surface area contributed by atoms with E-state index in [4.69, 9.17) is 9.26 Å². The molecule has 0 atom stereocenters. The van der Waals surface area contributed by atoms with Gasteiger partial charge >= 0.3 is 0 Å². The molecule has 0 N–H and O–H groups in total. The summed E-state index contributed by atoms with van der Waals surface area (Å²) in [5.41, 5.74) is 0.733. The smallest absolute Gasteiger partial charge is 0.250 e. The van der Waals surface area contributed by atoms with Crippen LogP contribution < -0.4 is 0 Å². The van der Waals surface area contributed by atoms with Gasteiger partial charge in [0.2, 0.25) is 0 Å². The van der Waals surface area contributed by atoms with Gasteiger partial charge < -0.3 is 9.26 Å². The van der Waals surface area contributed by atoms with Crippen molar-refractivity contribution in [2.24, 2.45) is 0 Å². The highest BCUT2D eigenvalue weighted by molar-refractivity contribution is 5.65. The first kappa shape index (κ1) is 11.5. The third kappa shape index (κ3) is 3.22. The highest BCUT2D eigenvalue weighted by Crippen LogP contribution is 2.08. The summed E-state index contributed by atoms with van der Waals surface area (Å²) >= 11 is 0. The van der Waals surface area contributed by atoms with Crippen molar-refractivity contribution in [1.29, 1.82) is 0 Å². The summed E-state index contributed by atoms with van der Waals surface area (Å²) in [6.45, 7) is 0.303. The zero-order valence-corrected chi connectivity index (χ0v) is 9.26. The first-order valence-electron chi connectivity index (χ1n) is 5.03. The molecule has 0 fully saturated rings. The Morgan fingerprint density at radius 3 is 3.06 bits per heavy atom. The van der Waals surface area contributed by atoms with Crippen molar-refractivity contribution in [1.82, 2.24) is 10.1 Å². The number of benzene rings is 1. The lowest BCUT2D eigenvalue weighted by atomic mass is 10.2. The van der Waals surface area contributed by atoms with Gasteiger partial charge in [-0.05, 0) is 23.8 Å². The normalized spacial score (nSPS) is 11.2. The van der Waals surface area contributed by atoms with E-state index in [-0.39, 0.29) is 5.82 Å². The van der Waals surface area contributed by atoms with Gasteiger partial charge in [-0.25, -0.2) is 4.39 Å². The summed E-state index contributed by atoms with van der Waals surface area (Å²) < 4.78 is 22.7. The maximum Gasteiger partial charge on any atom is 0.250 e. The number of halogens is 1. The van der Waals surface area contributed by atoms with Crippen LogP contribution in [0, 0.1) is 5.82 Å². The van der Waals surface area contributed by atoms with Crippen LogP contribution in [-0.4, -0.2) is 17.3 Å². The predicted octanol–water partition coefficient (Wildman–Crippen LogP) is 2.53. The van der Waals surface area contributed by atoms with Gasteiger partial charge in [-0.3, -0.25) is 0 Å². The summed E-state index contributed by atoms with van der Waals surface area (Å²) in [5.74, 6) is 0.561. The van der Waals surface area contributed by atoms with Gasteiger partial charge in [0.1, 0.15) is 12.4 Å². The maximum absolute atomic E-state index is 12.9. The van der Waals surface area contributed by atoms with E-state index in [0.717, 1.165) is 5.56 Å². The Morgan fingerprint density at radius 1 is 1.41 bits per heavy atom. The number of ether oxygens (including phenoxy) is 1. The summed E-state index contributed by atoms with van der Waals surface area (Å²) in [7, 11) is 1.55. The average Bonchev–Trinajstić information content (AvgIpc) is 2.75. The molecule has 0 aliphatic carbocycles. The van der Waals surface area contributed by atoms with E-state index >= 15 is 0 Å². The molecule has 1 aromatic carbocycles. The SMILES string of the molecule is COCc1noc(/C=C/c2cccc(F)c2)n1. The fourth-order valence-corrected chi connectivity index (χ4v) is 1.30. The molecule has 0 amide bonds. The Hall–Kier alpha value is -2.01. The molecule has 88 valence electrons. The van der Waals surface area contributed by atoms with Crippen LogP contribution in [0.3, 0.4) is 0 Å². The summed E-state index contributed by atoms with van der Waals surface area (Å²) in [6.07, 6.45) is 3.33. The van der Waals surface area contributed by atoms with E-state index in [0.29, 0.717) is 18.3 Å². The number of aromatic nitrogens is 2. The summed E-state index contributed by atoms with van der Waals surface area (Å²) in [6, 6.07) is 6.23. The fraction of sp³-hybridized carbons (Fsp3) is 0.167. The Morgan fingerprint density at radius 2 is 2.29 bits per heavy atom. The molecular formula is C12H11FN2O2. The van der Waals surface area contributed by atoms with E-state index in [1.165, 1.54) is 12.1 Å². The van der Waals surface area contributed by atoms with E-state index in [1.54, 1.807) is 31.4 Å². The average molecular weight is 234 g/mol. The summed E-state index contributed by atoms with van der Waals surface area (Å²) in [4.78, 5) is 4.05. The molecule has 0 spiro atoms. The van der Waals surface area contributed by atoms with Crippen LogP contribution in [-0.2, 0) is 11.3 Å². The molecule has 0 bridgehead atoms. The minimum atomic E-state index is -0.280. The minimum absolute atomic E-state index is 0.280. The lowest BCUT2D eigenvalue weighted by Gasteiger charge is -1.91. The standard InChI is InChI=1S/C12H11FN2O2/c1-16-8-11-14-12(17-15-11)6-5-9-3-2-4-10(13)7-9/h2-7H,8H2,1H3/b6-5+. The van der Waals surface area contributed by atoms with Crippen molar-refractivity contribution in [3.63, 3.8) is 0 Å². The molecule has 0 radical (unpaired) electrons. The van der Waals surface area contributed by atoms with Crippen molar-refractivity contribution in [3.05, 3.63) is 47.4 Å². The number of methoxy groups -OCH3 is 1. The first-order valence-corrected chi connectivity index (χ1v) is 5.03. The lowest BCUT2D eigenvalue weighted by molar-refractivity contribution is 0.174. The fourth-order valence-electron chi connectivity index (χ4n) is 1.30. The number of hydrogen-bond donors (Lipinski definition) is 0. The second-order valence-corrected chi connectivity index (χ2v) is 3.37. The quantitative estimate of drug-likeness (QED) is 0.815. The van der Waals surface area contributed by atoms with E-state index < -0.39 is 0 Å². The highest BCUT2D eigenvalue weighted by atomic mass is 19.1. The largest absolute Gasteiger partial charge is 0.377 e. The van der Waals surface area contributed by atoms with Gasteiger partial charge in [0, 0.05) is 13.2 Å². The zero-order valence-electron chi connectivity index (χ0n) is 9.26. The van der Waals surface area contributed by atoms with Gasteiger partial charge in [0.25, 0.3) is 5.89 Å². The molecule has 17 heavy (non-hydrogen) atoms. The molecule has 5 heteroatoms. The topological polar surface area (TPSA) is 48.2 Å². The van der Waals surface area contributed by atoms with Crippen LogP contribution in [0.25, 0.3) is 12.2 Å². The van der Waals surface area contributed by atoms with Gasteiger partial charge in [-0.2, -0.15) is 4.98 Å². The van der Waals surface area contributed by atoms with E-state index in [1.807, 2.05) is 0 Å². The number of nitrogens with zero attached hydrogens (tertiary/aromatic N) is 2.